The molecule has 0 nitrogen and oxygen atoms in total. The van der Waals surface area contributed by atoms with E-state index in [1.165, 1.54) is 0 Å². The summed E-state index contributed by atoms with van der Waals surface area (Å²) in [5, 5.41) is 0. The Morgan fingerprint density at radius 3 is 0.344 bits per heavy atom. The number of hydrogen-bond acceptors (Lipinski definition) is 0. The lowest BCUT2D eigenvalue weighted by atomic mass is 9.30. The molecule has 0 atom stereocenters. The van der Waals surface area contributed by atoms with Gasteiger partial charge in [-0.25, -0.2) is 0 Å². The topological polar surface area (TPSA) is 0 Å². The number of rotatable bonds is 18. The molecule has 0 heteroatoms. The van der Waals surface area contributed by atoms with Crippen LogP contribution in [0.25, 0.3) is 0 Å². The van der Waals surface area contributed by atoms with Crippen molar-refractivity contribution < 1.29 is 0 Å². The van der Waals surface area contributed by atoms with E-state index in [0.29, 0.717) is 5.92 Å². The van der Waals surface area contributed by atoms with Gasteiger partial charge >= 0.3 is 0 Å². The van der Waals surface area contributed by atoms with Crippen LogP contribution in [-0.4, -0.2) is 0 Å². The fourth-order valence-corrected chi connectivity index (χ4v) is 14.2. The molecule has 0 aliphatic carbocycles. The van der Waals surface area contributed by atoms with E-state index in [4.69, 9.17) is 0 Å². The Balaban J connectivity index is 7.95. The summed E-state index contributed by atoms with van der Waals surface area (Å²) in [6, 6.07) is 0. The van der Waals surface area contributed by atoms with Gasteiger partial charge in [0.1, 0.15) is 0 Å². The van der Waals surface area contributed by atoms with Crippen molar-refractivity contribution in [2.24, 2.45) is 109 Å². The highest BCUT2D eigenvalue weighted by atomic mass is 14.8. The molecule has 368 valence electrons. The molecule has 0 aromatic rings. The fourth-order valence-electron chi connectivity index (χ4n) is 14.2. The largest absolute Gasteiger partial charge is 0.0622 e. The summed E-state index contributed by atoms with van der Waals surface area (Å²) >= 11 is 0. The first kappa shape index (κ1) is 61.0. The summed E-state index contributed by atoms with van der Waals surface area (Å²) in [5.74, 6) is 0.584. The maximum absolute atomic E-state index is 2.65. The van der Waals surface area contributed by atoms with Gasteiger partial charge in [0, 0.05) is 0 Å². The van der Waals surface area contributed by atoms with Gasteiger partial charge in [0.15, 0.2) is 0 Å². The number of hydrogen-bond donors (Lipinski definition) is 0. The van der Waals surface area contributed by atoms with E-state index in [2.05, 4.69) is 284 Å². The molecule has 0 aromatic carbocycles. The van der Waals surface area contributed by atoms with Crippen molar-refractivity contribution in [3.63, 3.8) is 0 Å². The molecule has 0 aromatic heterocycles. The first-order valence-corrected chi connectivity index (χ1v) is 25.4. The van der Waals surface area contributed by atoms with Gasteiger partial charge in [-0.05, 0) is 109 Å². The average molecular weight is 858 g/mol. The molecule has 0 saturated heterocycles. The summed E-state index contributed by atoms with van der Waals surface area (Å²) < 4.78 is 0. The van der Waals surface area contributed by atoms with Gasteiger partial charge in [-0.15, -0.1) is 0 Å². The van der Waals surface area contributed by atoms with Crippen LogP contribution in [0.3, 0.4) is 0 Å². The minimum Gasteiger partial charge on any atom is -0.0622 e. The first-order valence-electron chi connectivity index (χ1n) is 25.4. The molecule has 0 radical (unpaired) electrons. The quantitative estimate of drug-likeness (QED) is 0.129. The van der Waals surface area contributed by atoms with Gasteiger partial charge in [-0.3, -0.25) is 0 Å². The first-order chi connectivity index (χ1) is 25.4. The maximum Gasteiger partial charge on any atom is -0.0241 e. The predicted molar refractivity (Wildman–Crippen MR) is 282 cm³/mol. The van der Waals surface area contributed by atoms with Crippen molar-refractivity contribution in [2.75, 3.05) is 0 Å². The van der Waals surface area contributed by atoms with Crippen molar-refractivity contribution in [3.05, 3.63) is 0 Å². The molecular formula is C61H124. The Labute approximate surface area is 391 Å². The SMILES string of the molecule is CC(C)C(C)(C)C(C)(C)C(C)(C)C(C)(C)C(C)(C)C(C)(C)C(C)(C)C(C)(C)C(C)(C)C(C)(C)C(C)(C)C(C)(C)C(C)(C)C(C)(C)C(C)(C)C(C)(C)C(C)(C)C(C)(C)C(C)(C)C. The Morgan fingerprint density at radius 1 is 0.148 bits per heavy atom. The normalized spacial score (nSPS) is 17.4. The minimum absolute atomic E-state index is 0.000278. The van der Waals surface area contributed by atoms with Crippen LogP contribution in [0.1, 0.15) is 284 Å². The van der Waals surface area contributed by atoms with E-state index in [1.807, 2.05) is 0 Å². The van der Waals surface area contributed by atoms with Crippen LogP contribution in [0.4, 0.5) is 0 Å². The van der Waals surface area contributed by atoms with Crippen LogP contribution in [0.5, 0.6) is 0 Å². The van der Waals surface area contributed by atoms with E-state index in [-0.39, 0.29) is 103 Å². The second-order valence-electron chi connectivity index (χ2n) is 32.8. The van der Waals surface area contributed by atoms with E-state index in [0.717, 1.165) is 0 Å². The summed E-state index contributed by atoms with van der Waals surface area (Å²) in [7, 11) is 0. The summed E-state index contributed by atoms with van der Waals surface area (Å²) in [6.45, 7) is 106. The van der Waals surface area contributed by atoms with Crippen LogP contribution < -0.4 is 0 Å². The van der Waals surface area contributed by atoms with E-state index >= 15 is 0 Å². The summed E-state index contributed by atoms with van der Waals surface area (Å²) in [6.07, 6.45) is 0. The van der Waals surface area contributed by atoms with Crippen molar-refractivity contribution in [2.45, 2.75) is 284 Å². The van der Waals surface area contributed by atoms with E-state index in [1.54, 1.807) is 0 Å². The Morgan fingerprint density at radius 2 is 0.246 bits per heavy atom. The lowest BCUT2D eigenvalue weighted by Gasteiger charge is -2.75. The van der Waals surface area contributed by atoms with E-state index < -0.39 is 0 Å². The molecular weight excluding hydrogens is 733 g/mol. The third-order valence-corrected chi connectivity index (χ3v) is 29.9. The van der Waals surface area contributed by atoms with Crippen molar-refractivity contribution >= 4 is 0 Å². The summed E-state index contributed by atoms with van der Waals surface area (Å²) in [4.78, 5) is 0. The van der Waals surface area contributed by atoms with Gasteiger partial charge in [0.05, 0.1) is 0 Å². The smallest absolute Gasteiger partial charge is 0.0241 e. The highest BCUT2D eigenvalue weighted by Gasteiger charge is 2.72. The van der Waals surface area contributed by atoms with Crippen LogP contribution in [-0.2, 0) is 0 Å². The molecule has 0 spiro atoms. The molecule has 0 aliphatic heterocycles. The zero-order valence-corrected chi connectivity index (χ0v) is 51.1. The van der Waals surface area contributed by atoms with Gasteiger partial charge in [0.25, 0.3) is 0 Å². The highest BCUT2D eigenvalue weighted by molar-refractivity contribution is 5.20. The highest BCUT2D eigenvalue weighted by Crippen LogP contribution is 2.79. The van der Waals surface area contributed by atoms with Gasteiger partial charge < -0.3 is 0 Å². The van der Waals surface area contributed by atoms with Gasteiger partial charge in [-0.2, -0.15) is 0 Å². The molecule has 61 heavy (non-hydrogen) atoms. The molecule has 0 aliphatic rings. The molecule has 0 saturated carbocycles. The van der Waals surface area contributed by atoms with Crippen LogP contribution >= 0.6 is 0 Å². The van der Waals surface area contributed by atoms with Crippen LogP contribution in [0.15, 0.2) is 0 Å². The van der Waals surface area contributed by atoms with E-state index in [9.17, 15) is 0 Å². The molecule has 0 bridgehead atoms. The Bertz CT molecular complexity index is 1520. The van der Waals surface area contributed by atoms with Crippen molar-refractivity contribution in [1.82, 2.24) is 0 Å². The predicted octanol–water partition coefficient (Wildman–Crippen LogP) is 21.2. The lowest BCUT2D eigenvalue weighted by Crippen LogP contribution is -2.68. The lowest BCUT2D eigenvalue weighted by molar-refractivity contribution is -0.266. The molecule has 0 amide bonds. The fraction of sp³-hybridized carbons (Fsp3) is 1.00. The zero-order valence-electron chi connectivity index (χ0n) is 51.1. The van der Waals surface area contributed by atoms with Crippen molar-refractivity contribution in [3.8, 4) is 0 Å². The third-order valence-electron chi connectivity index (χ3n) is 29.9. The molecule has 0 unspecified atom stereocenters. The Kier molecular flexibility index (Phi) is 15.3. The molecule has 0 fully saturated rings. The molecule has 0 rings (SSSR count). The molecule has 0 N–H and O–H groups in total. The van der Waals surface area contributed by atoms with Crippen molar-refractivity contribution in [1.29, 1.82) is 0 Å². The second-order valence-corrected chi connectivity index (χ2v) is 32.8. The third kappa shape index (κ3) is 7.15. The van der Waals surface area contributed by atoms with Gasteiger partial charge in [0.2, 0.25) is 0 Å². The average Bonchev–Trinajstić information content (AvgIpc) is 3.02. The standard InChI is InChI=1S/C61H124/c1-42(2)44(6,7)46(10,11)48(14,15)50(18,19)52(22,23)54(26,27)56(30,31)58(34,35)60(38,39)61(40,41)59(36,37)57(32,33)55(28,29)53(24,25)51(20,21)49(16,17)47(12,13)45(8,9)43(3,4)5/h42H,1-41H3. The maximum atomic E-state index is 2.65. The Hall–Kier alpha value is 0. The molecule has 0 heterocycles. The zero-order chi connectivity index (χ0) is 51.1. The minimum atomic E-state index is -0.0664. The van der Waals surface area contributed by atoms with Crippen LogP contribution in [0, 0.1) is 109 Å². The monoisotopic (exact) mass is 857 g/mol. The second kappa shape index (κ2) is 15.3. The van der Waals surface area contributed by atoms with Gasteiger partial charge in [-0.1, -0.05) is 284 Å². The van der Waals surface area contributed by atoms with Crippen LogP contribution in [0.2, 0.25) is 0 Å². The summed E-state index contributed by atoms with van der Waals surface area (Å²) in [5.41, 5.74) is 0.0905.